The lowest BCUT2D eigenvalue weighted by Gasteiger charge is -2.06. The maximum absolute atomic E-state index is 12.1. The van der Waals surface area contributed by atoms with Crippen LogP contribution in [0.4, 0.5) is 0 Å². The molecule has 104 valence electrons. The molecule has 0 saturated heterocycles. The second kappa shape index (κ2) is 7.00. The van der Waals surface area contributed by atoms with Crippen molar-refractivity contribution in [1.82, 2.24) is 20.3 Å². The van der Waals surface area contributed by atoms with Crippen LogP contribution in [0, 0.1) is 6.92 Å². The number of nitrogens with zero attached hydrogens (tertiary/aromatic N) is 3. The quantitative estimate of drug-likeness (QED) is 0.675. The predicted molar refractivity (Wildman–Crippen MR) is 78.6 cm³/mol. The summed E-state index contributed by atoms with van der Waals surface area (Å²) in [5.41, 5.74) is 2.00. The van der Waals surface area contributed by atoms with Crippen LogP contribution in [0.1, 0.15) is 28.8 Å². The number of carbonyl (C=O) groups is 1. The van der Waals surface area contributed by atoms with Crippen LogP contribution in [0.25, 0.3) is 0 Å². The van der Waals surface area contributed by atoms with Crippen molar-refractivity contribution in [2.75, 3.05) is 5.75 Å². The second-order valence-electron chi connectivity index (χ2n) is 4.11. The van der Waals surface area contributed by atoms with Crippen molar-refractivity contribution in [3.05, 3.63) is 47.5 Å². The Kier molecular flexibility index (Phi) is 5.06. The summed E-state index contributed by atoms with van der Waals surface area (Å²) in [5.74, 6) is 0.664. The van der Waals surface area contributed by atoms with E-state index in [1.165, 1.54) is 11.8 Å². The lowest BCUT2D eigenvalue weighted by molar-refractivity contribution is 0.0944. The molecule has 0 atom stereocenters. The molecule has 2 aromatic heterocycles. The van der Waals surface area contributed by atoms with Gasteiger partial charge in [-0.1, -0.05) is 24.8 Å². The van der Waals surface area contributed by atoms with Crippen molar-refractivity contribution in [3.63, 3.8) is 0 Å². The molecule has 1 amide bonds. The van der Waals surface area contributed by atoms with E-state index < -0.39 is 0 Å². The first kappa shape index (κ1) is 14.5. The van der Waals surface area contributed by atoms with Crippen LogP contribution in [-0.4, -0.2) is 26.6 Å². The van der Waals surface area contributed by atoms with Gasteiger partial charge in [0.15, 0.2) is 5.16 Å². The number of hydrogen-bond acceptors (Lipinski definition) is 5. The normalized spacial score (nSPS) is 10.3. The molecular formula is C14H16N4OS. The molecule has 2 heterocycles. The van der Waals surface area contributed by atoms with E-state index in [0.29, 0.717) is 17.4 Å². The molecule has 0 aromatic carbocycles. The minimum atomic E-state index is -0.209. The lowest BCUT2D eigenvalue weighted by atomic mass is 10.3. The maximum atomic E-state index is 12.1. The molecule has 20 heavy (non-hydrogen) atoms. The van der Waals surface area contributed by atoms with E-state index in [4.69, 9.17) is 0 Å². The first-order valence-corrected chi connectivity index (χ1v) is 7.34. The van der Waals surface area contributed by atoms with Gasteiger partial charge in [0.25, 0.3) is 5.91 Å². The van der Waals surface area contributed by atoms with Crippen molar-refractivity contribution in [2.24, 2.45) is 0 Å². The number of aromatic nitrogens is 3. The highest BCUT2D eigenvalue weighted by atomic mass is 32.2. The number of nitrogens with one attached hydrogen (secondary N) is 1. The Morgan fingerprint density at radius 3 is 2.90 bits per heavy atom. The molecule has 0 fully saturated rings. The summed E-state index contributed by atoms with van der Waals surface area (Å²) in [6.45, 7) is 4.27. The van der Waals surface area contributed by atoms with Crippen LogP contribution < -0.4 is 5.32 Å². The molecule has 0 spiro atoms. The van der Waals surface area contributed by atoms with Crippen LogP contribution in [0.2, 0.25) is 0 Å². The topological polar surface area (TPSA) is 67.8 Å². The molecule has 1 N–H and O–H groups in total. The standard InChI is InChI=1S/C14H16N4OS/c1-3-20-14-17-10(2)8-12(18-14)13(19)16-9-11-6-4-5-7-15-11/h4-8H,3,9H2,1-2H3,(H,16,19). The van der Waals surface area contributed by atoms with Crippen LogP contribution >= 0.6 is 11.8 Å². The number of aryl methyl sites for hydroxylation is 1. The van der Waals surface area contributed by atoms with Crippen molar-refractivity contribution >= 4 is 17.7 Å². The van der Waals surface area contributed by atoms with Gasteiger partial charge in [-0.3, -0.25) is 9.78 Å². The zero-order valence-electron chi connectivity index (χ0n) is 11.5. The van der Waals surface area contributed by atoms with Crippen molar-refractivity contribution in [3.8, 4) is 0 Å². The monoisotopic (exact) mass is 288 g/mol. The fraction of sp³-hybridized carbons (Fsp3) is 0.286. The average Bonchev–Trinajstić information content (AvgIpc) is 2.45. The SMILES string of the molecule is CCSc1nc(C)cc(C(=O)NCc2ccccn2)n1. The molecule has 0 aliphatic carbocycles. The number of carbonyl (C=O) groups excluding carboxylic acids is 1. The Morgan fingerprint density at radius 2 is 2.20 bits per heavy atom. The van der Waals surface area contributed by atoms with Gasteiger partial charge >= 0.3 is 0 Å². The highest BCUT2D eigenvalue weighted by Crippen LogP contribution is 2.13. The molecular weight excluding hydrogens is 272 g/mol. The molecule has 0 unspecified atom stereocenters. The number of hydrogen-bond donors (Lipinski definition) is 1. The van der Waals surface area contributed by atoms with E-state index >= 15 is 0 Å². The lowest BCUT2D eigenvalue weighted by Crippen LogP contribution is -2.24. The number of thioether (sulfide) groups is 1. The Labute approximate surface area is 122 Å². The van der Waals surface area contributed by atoms with Gasteiger partial charge in [-0.2, -0.15) is 0 Å². The Bertz CT molecular complexity index is 589. The number of rotatable bonds is 5. The van der Waals surface area contributed by atoms with Crippen LogP contribution in [0.3, 0.4) is 0 Å². The van der Waals surface area contributed by atoms with Gasteiger partial charge in [0.1, 0.15) is 5.69 Å². The number of amides is 1. The molecule has 2 rings (SSSR count). The van der Waals surface area contributed by atoms with Gasteiger partial charge in [-0.25, -0.2) is 9.97 Å². The minimum absolute atomic E-state index is 0.209. The largest absolute Gasteiger partial charge is 0.345 e. The van der Waals surface area contributed by atoms with Crippen LogP contribution in [0.15, 0.2) is 35.6 Å². The van der Waals surface area contributed by atoms with Gasteiger partial charge in [0, 0.05) is 11.9 Å². The smallest absolute Gasteiger partial charge is 0.270 e. The zero-order chi connectivity index (χ0) is 14.4. The van der Waals surface area contributed by atoms with Crippen molar-refractivity contribution in [2.45, 2.75) is 25.5 Å². The van der Waals surface area contributed by atoms with Crippen molar-refractivity contribution in [1.29, 1.82) is 0 Å². The second-order valence-corrected chi connectivity index (χ2v) is 5.35. The van der Waals surface area contributed by atoms with Gasteiger partial charge in [-0.05, 0) is 30.9 Å². The molecule has 2 aromatic rings. The van der Waals surface area contributed by atoms with E-state index in [2.05, 4.69) is 20.3 Å². The average molecular weight is 288 g/mol. The van der Waals surface area contributed by atoms with E-state index in [9.17, 15) is 4.79 Å². The summed E-state index contributed by atoms with van der Waals surface area (Å²) in [6, 6.07) is 7.28. The molecule has 0 aliphatic heterocycles. The maximum Gasteiger partial charge on any atom is 0.270 e. The van der Waals surface area contributed by atoms with Crippen molar-refractivity contribution < 1.29 is 4.79 Å². The first-order valence-electron chi connectivity index (χ1n) is 6.35. The number of pyridine rings is 1. The summed E-state index contributed by atoms with van der Waals surface area (Å²) >= 11 is 1.52. The Balaban J connectivity index is 2.05. The first-order chi connectivity index (χ1) is 9.69. The van der Waals surface area contributed by atoms with Gasteiger partial charge < -0.3 is 5.32 Å². The van der Waals surface area contributed by atoms with E-state index in [-0.39, 0.29) is 5.91 Å². The Morgan fingerprint density at radius 1 is 1.35 bits per heavy atom. The summed E-state index contributed by atoms with van der Waals surface area (Å²) < 4.78 is 0. The van der Waals surface area contributed by atoms with Crippen LogP contribution in [-0.2, 0) is 6.54 Å². The van der Waals surface area contributed by atoms with Gasteiger partial charge in [-0.15, -0.1) is 0 Å². The van der Waals surface area contributed by atoms with Gasteiger partial charge in [0.05, 0.1) is 12.2 Å². The third-order valence-electron chi connectivity index (χ3n) is 2.50. The predicted octanol–water partition coefficient (Wildman–Crippen LogP) is 2.22. The van der Waals surface area contributed by atoms with E-state index in [1.807, 2.05) is 32.0 Å². The van der Waals surface area contributed by atoms with Crippen LogP contribution in [0.5, 0.6) is 0 Å². The summed E-state index contributed by atoms with van der Waals surface area (Å²) in [4.78, 5) is 24.8. The van der Waals surface area contributed by atoms with Gasteiger partial charge in [0.2, 0.25) is 0 Å². The molecule has 0 saturated carbocycles. The molecule has 0 bridgehead atoms. The Hall–Kier alpha value is -1.95. The third kappa shape index (κ3) is 4.03. The van der Waals surface area contributed by atoms with E-state index in [1.54, 1.807) is 12.3 Å². The summed E-state index contributed by atoms with van der Waals surface area (Å²) in [5, 5.41) is 3.45. The third-order valence-corrected chi connectivity index (χ3v) is 3.23. The highest BCUT2D eigenvalue weighted by Gasteiger charge is 2.10. The molecule has 5 nitrogen and oxygen atoms in total. The minimum Gasteiger partial charge on any atom is -0.345 e. The summed E-state index contributed by atoms with van der Waals surface area (Å²) in [6.07, 6.45) is 1.70. The highest BCUT2D eigenvalue weighted by molar-refractivity contribution is 7.99. The fourth-order valence-corrected chi connectivity index (χ4v) is 2.25. The molecule has 0 aliphatic rings. The fourth-order valence-electron chi connectivity index (χ4n) is 1.62. The summed E-state index contributed by atoms with van der Waals surface area (Å²) in [7, 11) is 0. The molecule has 0 radical (unpaired) electrons. The zero-order valence-corrected chi connectivity index (χ0v) is 12.3. The van der Waals surface area contributed by atoms with E-state index in [0.717, 1.165) is 17.1 Å². The molecule has 6 heteroatoms.